The Morgan fingerprint density at radius 3 is 2.68 bits per heavy atom. The minimum atomic E-state index is -0.208. The Morgan fingerprint density at radius 2 is 1.97 bits per heavy atom. The minimum absolute atomic E-state index is 0.0424. The average Bonchev–Trinajstić information content (AvgIpc) is 3.32. The highest BCUT2D eigenvalue weighted by Gasteiger charge is 2.53. The van der Waals surface area contributed by atoms with Crippen molar-refractivity contribution in [1.82, 2.24) is 4.90 Å². The Labute approximate surface area is 188 Å². The molecule has 0 radical (unpaired) electrons. The third-order valence-electron chi connectivity index (χ3n) is 7.35. The predicted octanol–water partition coefficient (Wildman–Crippen LogP) is 4.95. The van der Waals surface area contributed by atoms with Crippen LogP contribution in [0, 0.1) is 12.3 Å². The molecule has 5 rings (SSSR count). The van der Waals surface area contributed by atoms with E-state index in [-0.39, 0.29) is 16.9 Å². The van der Waals surface area contributed by atoms with E-state index in [4.69, 9.17) is 10.5 Å². The first-order chi connectivity index (χ1) is 14.9. The maximum absolute atomic E-state index is 13.3. The second-order valence-corrected chi connectivity index (χ2v) is 10.5. The number of nitrogens with two attached hydrogens (primary N) is 1. The van der Waals surface area contributed by atoms with E-state index in [1.165, 1.54) is 21.6 Å². The maximum Gasteiger partial charge on any atom is 0.263 e. The van der Waals surface area contributed by atoms with Crippen molar-refractivity contribution in [2.45, 2.75) is 38.7 Å². The van der Waals surface area contributed by atoms with Gasteiger partial charge in [0.15, 0.2) is 0 Å². The largest absolute Gasteiger partial charge is 0.370 e. The van der Waals surface area contributed by atoms with Gasteiger partial charge < -0.3 is 15.4 Å². The summed E-state index contributed by atoms with van der Waals surface area (Å²) in [6.07, 6.45) is 7.29. The molecule has 1 aromatic carbocycles. The third-order valence-corrected chi connectivity index (χ3v) is 8.39. The van der Waals surface area contributed by atoms with Gasteiger partial charge in [0.2, 0.25) is 0 Å². The van der Waals surface area contributed by atoms with Gasteiger partial charge in [-0.2, -0.15) is 0 Å². The molecule has 3 heterocycles. The summed E-state index contributed by atoms with van der Waals surface area (Å²) in [6.45, 7) is 7.17. The van der Waals surface area contributed by atoms with Crippen molar-refractivity contribution in [1.29, 1.82) is 0 Å². The summed E-state index contributed by atoms with van der Waals surface area (Å²) in [5, 5.41) is 0. The lowest BCUT2D eigenvalue weighted by Crippen LogP contribution is -2.45. The summed E-state index contributed by atoms with van der Waals surface area (Å²) < 4.78 is 6.32. The van der Waals surface area contributed by atoms with Gasteiger partial charge >= 0.3 is 0 Å². The van der Waals surface area contributed by atoms with Crippen LogP contribution in [0.1, 0.15) is 40.7 Å². The summed E-state index contributed by atoms with van der Waals surface area (Å²) in [7, 11) is 0. The van der Waals surface area contributed by atoms with Crippen molar-refractivity contribution < 1.29 is 9.53 Å². The number of likely N-dealkylation sites (tertiary alicyclic amines) is 1. The first-order valence-electron chi connectivity index (χ1n) is 11.1. The standard InChI is InChI=1S/C26H30N2O2S/c1-18-21(20-6-4-3-5-7-20)15-22(31-18)24(29)28-12-10-26(11-13-28)17-30-25(2)9-8-19(16-27)14-23(25)26/h3-8,14-15H,9-13,16-17,27H2,1-2H3. The molecule has 162 valence electrons. The first kappa shape index (κ1) is 20.7. The second kappa shape index (κ2) is 7.73. The van der Waals surface area contributed by atoms with Gasteiger partial charge in [0.25, 0.3) is 5.91 Å². The number of ether oxygens (including phenoxy) is 1. The zero-order valence-corrected chi connectivity index (χ0v) is 19.1. The van der Waals surface area contributed by atoms with Crippen LogP contribution in [0.5, 0.6) is 0 Å². The molecule has 1 spiro atoms. The van der Waals surface area contributed by atoms with Crippen molar-refractivity contribution in [2.24, 2.45) is 11.1 Å². The van der Waals surface area contributed by atoms with Crippen LogP contribution in [0.4, 0.5) is 0 Å². The van der Waals surface area contributed by atoms with E-state index in [0.29, 0.717) is 6.54 Å². The smallest absolute Gasteiger partial charge is 0.263 e. The van der Waals surface area contributed by atoms with E-state index in [9.17, 15) is 4.79 Å². The summed E-state index contributed by atoms with van der Waals surface area (Å²) >= 11 is 1.61. The second-order valence-electron chi connectivity index (χ2n) is 9.28. The number of amides is 1. The molecule has 1 unspecified atom stereocenters. The van der Waals surface area contributed by atoms with Gasteiger partial charge in [-0.3, -0.25) is 4.79 Å². The zero-order valence-electron chi connectivity index (χ0n) is 18.3. The van der Waals surface area contributed by atoms with Gasteiger partial charge in [-0.05, 0) is 61.4 Å². The number of fused-ring (bicyclic) bond motifs is 2. The Balaban J connectivity index is 1.33. The highest BCUT2D eigenvalue weighted by Crippen LogP contribution is 2.54. The highest BCUT2D eigenvalue weighted by molar-refractivity contribution is 7.14. The van der Waals surface area contributed by atoms with Gasteiger partial charge in [-0.1, -0.05) is 42.5 Å². The van der Waals surface area contributed by atoms with Crippen LogP contribution >= 0.6 is 11.3 Å². The van der Waals surface area contributed by atoms with Crippen LogP contribution in [-0.4, -0.2) is 42.6 Å². The van der Waals surface area contributed by atoms with E-state index >= 15 is 0 Å². The Bertz CT molecular complexity index is 1060. The monoisotopic (exact) mass is 434 g/mol. The fourth-order valence-electron chi connectivity index (χ4n) is 5.40. The maximum atomic E-state index is 13.3. The number of thiophene rings is 1. The number of carbonyl (C=O) groups is 1. The molecular weight excluding hydrogens is 404 g/mol. The fraction of sp³-hybridized carbons (Fsp3) is 0.423. The number of piperidine rings is 1. The highest BCUT2D eigenvalue weighted by atomic mass is 32.1. The molecule has 1 aliphatic carbocycles. The fourth-order valence-corrected chi connectivity index (χ4v) is 6.41. The van der Waals surface area contributed by atoms with Crippen LogP contribution in [0.3, 0.4) is 0 Å². The number of hydrogen-bond donors (Lipinski definition) is 1. The Kier molecular flexibility index (Phi) is 5.16. The van der Waals surface area contributed by atoms with Crippen LogP contribution in [0.25, 0.3) is 11.1 Å². The number of nitrogens with zero attached hydrogens (tertiary/aromatic N) is 1. The molecule has 0 saturated carbocycles. The summed E-state index contributed by atoms with van der Waals surface area (Å²) in [6, 6.07) is 12.4. The average molecular weight is 435 g/mol. The molecule has 1 aromatic heterocycles. The summed E-state index contributed by atoms with van der Waals surface area (Å²) in [5.41, 5.74) is 10.7. The van der Waals surface area contributed by atoms with E-state index in [1.54, 1.807) is 11.3 Å². The zero-order chi connectivity index (χ0) is 21.6. The van der Waals surface area contributed by atoms with Gasteiger partial charge in [-0.25, -0.2) is 0 Å². The topological polar surface area (TPSA) is 55.6 Å². The van der Waals surface area contributed by atoms with Crippen molar-refractivity contribution in [3.05, 3.63) is 69.5 Å². The number of benzene rings is 1. The first-order valence-corrected chi connectivity index (χ1v) is 12.0. The lowest BCUT2D eigenvalue weighted by Gasteiger charge is -2.41. The quantitative estimate of drug-likeness (QED) is 0.744. The van der Waals surface area contributed by atoms with Crippen LogP contribution < -0.4 is 5.73 Å². The number of carbonyl (C=O) groups excluding carboxylic acids is 1. The van der Waals surface area contributed by atoms with Gasteiger partial charge in [-0.15, -0.1) is 11.3 Å². The van der Waals surface area contributed by atoms with Crippen molar-refractivity contribution in [2.75, 3.05) is 26.2 Å². The van der Waals surface area contributed by atoms with E-state index in [0.717, 1.165) is 49.4 Å². The van der Waals surface area contributed by atoms with Crippen molar-refractivity contribution >= 4 is 17.2 Å². The number of aryl methyl sites for hydroxylation is 1. The molecule has 2 saturated heterocycles. The molecule has 2 aromatic rings. The predicted molar refractivity (Wildman–Crippen MR) is 126 cm³/mol. The number of hydrogen-bond acceptors (Lipinski definition) is 4. The van der Waals surface area contributed by atoms with E-state index in [1.807, 2.05) is 23.1 Å². The SMILES string of the molecule is Cc1sc(C(=O)N2CCC3(CC2)COC2(C)CC=C(CN)C=C32)cc1-c1ccccc1. The summed E-state index contributed by atoms with van der Waals surface area (Å²) in [4.78, 5) is 17.4. The molecule has 2 N–H and O–H groups in total. The van der Waals surface area contributed by atoms with Crippen molar-refractivity contribution in [3.63, 3.8) is 0 Å². The van der Waals surface area contributed by atoms with Gasteiger partial charge in [0.1, 0.15) is 0 Å². The van der Waals surface area contributed by atoms with Crippen LogP contribution in [0.2, 0.25) is 0 Å². The lowest BCUT2D eigenvalue weighted by atomic mass is 9.67. The van der Waals surface area contributed by atoms with E-state index in [2.05, 4.69) is 44.2 Å². The number of rotatable bonds is 3. The molecule has 1 amide bonds. The molecule has 5 heteroatoms. The van der Waals surface area contributed by atoms with Crippen LogP contribution in [-0.2, 0) is 4.74 Å². The van der Waals surface area contributed by atoms with Gasteiger partial charge in [0.05, 0.1) is 17.1 Å². The van der Waals surface area contributed by atoms with E-state index < -0.39 is 0 Å². The third kappa shape index (κ3) is 3.49. The van der Waals surface area contributed by atoms with Gasteiger partial charge in [0, 0.05) is 29.9 Å². The molecule has 31 heavy (non-hydrogen) atoms. The van der Waals surface area contributed by atoms with Crippen molar-refractivity contribution in [3.8, 4) is 11.1 Å². The molecule has 2 aliphatic heterocycles. The normalized spacial score (nSPS) is 24.7. The lowest BCUT2D eigenvalue weighted by molar-refractivity contribution is 0.0183. The summed E-state index contributed by atoms with van der Waals surface area (Å²) in [5.74, 6) is 0.159. The molecule has 4 nitrogen and oxygen atoms in total. The molecule has 0 bridgehead atoms. The molecule has 2 fully saturated rings. The Hall–Kier alpha value is -2.21. The molecular formula is C26H30N2O2S. The Morgan fingerprint density at radius 1 is 1.23 bits per heavy atom. The molecule has 1 atom stereocenters. The molecule has 3 aliphatic rings. The van der Waals surface area contributed by atoms with Crippen LogP contribution in [0.15, 0.2) is 59.7 Å². The minimum Gasteiger partial charge on any atom is -0.370 e.